The van der Waals surface area contributed by atoms with E-state index in [2.05, 4.69) is 20.8 Å². The SMILES string of the molecule is CCCCCCCCCCCC(N)(CCCCCCCCCC)CCCCCCCCCC. The first-order valence-electron chi connectivity index (χ1n) is 16.0. The Balaban J connectivity index is 4.04. The van der Waals surface area contributed by atoms with E-state index in [0.717, 1.165) is 0 Å². The van der Waals surface area contributed by atoms with E-state index in [-0.39, 0.29) is 5.54 Å². The standard InChI is InChI=1S/C32H67N/c1-4-7-10-13-16-19-22-25-28-31-32(33,29-26-23-20-17-14-11-8-5-2)30-27-24-21-18-15-12-9-6-3/h4-31,33H2,1-3H3. The summed E-state index contributed by atoms with van der Waals surface area (Å²) in [4.78, 5) is 0. The van der Waals surface area contributed by atoms with Crippen molar-refractivity contribution in [1.29, 1.82) is 0 Å². The van der Waals surface area contributed by atoms with Gasteiger partial charge in [0.1, 0.15) is 0 Å². The molecule has 0 amide bonds. The van der Waals surface area contributed by atoms with Gasteiger partial charge in [-0.1, -0.05) is 181 Å². The largest absolute Gasteiger partial charge is 0.325 e. The molecule has 0 rings (SSSR count). The van der Waals surface area contributed by atoms with Crippen LogP contribution in [0.2, 0.25) is 0 Å². The molecule has 0 fully saturated rings. The molecular weight excluding hydrogens is 398 g/mol. The second-order valence-corrected chi connectivity index (χ2v) is 11.4. The van der Waals surface area contributed by atoms with Crippen molar-refractivity contribution in [2.45, 2.75) is 206 Å². The van der Waals surface area contributed by atoms with Crippen LogP contribution < -0.4 is 5.73 Å². The Morgan fingerprint density at radius 3 is 0.697 bits per heavy atom. The summed E-state index contributed by atoms with van der Waals surface area (Å²) in [5, 5.41) is 0. The van der Waals surface area contributed by atoms with Crippen LogP contribution in [0.4, 0.5) is 0 Å². The number of rotatable bonds is 28. The topological polar surface area (TPSA) is 26.0 Å². The van der Waals surface area contributed by atoms with Crippen molar-refractivity contribution in [3.63, 3.8) is 0 Å². The van der Waals surface area contributed by atoms with Gasteiger partial charge in [0.2, 0.25) is 0 Å². The monoisotopic (exact) mass is 466 g/mol. The second kappa shape index (κ2) is 26.6. The van der Waals surface area contributed by atoms with Gasteiger partial charge in [-0.05, 0) is 19.3 Å². The Morgan fingerprint density at radius 2 is 0.485 bits per heavy atom. The van der Waals surface area contributed by atoms with Crippen molar-refractivity contribution in [2.75, 3.05) is 0 Å². The summed E-state index contributed by atoms with van der Waals surface area (Å²) < 4.78 is 0. The third-order valence-corrected chi connectivity index (χ3v) is 7.83. The van der Waals surface area contributed by atoms with Crippen molar-refractivity contribution in [3.05, 3.63) is 0 Å². The van der Waals surface area contributed by atoms with Crippen molar-refractivity contribution < 1.29 is 0 Å². The maximum atomic E-state index is 7.05. The van der Waals surface area contributed by atoms with Crippen LogP contribution in [0.25, 0.3) is 0 Å². The van der Waals surface area contributed by atoms with Gasteiger partial charge < -0.3 is 5.73 Å². The molecule has 1 heteroatoms. The van der Waals surface area contributed by atoms with Crippen LogP contribution in [0.15, 0.2) is 0 Å². The Morgan fingerprint density at radius 1 is 0.303 bits per heavy atom. The molecule has 2 N–H and O–H groups in total. The van der Waals surface area contributed by atoms with E-state index in [4.69, 9.17) is 5.73 Å². The molecular formula is C32H67N. The number of nitrogens with two attached hydrogens (primary N) is 1. The fourth-order valence-electron chi connectivity index (χ4n) is 5.38. The fourth-order valence-corrected chi connectivity index (χ4v) is 5.38. The van der Waals surface area contributed by atoms with Crippen LogP contribution in [0, 0.1) is 0 Å². The zero-order valence-corrected chi connectivity index (χ0v) is 23.9. The van der Waals surface area contributed by atoms with Gasteiger partial charge in [-0.2, -0.15) is 0 Å². The highest BCUT2D eigenvalue weighted by Gasteiger charge is 2.23. The summed E-state index contributed by atoms with van der Waals surface area (Å²) in [5.74, 6) is 0. The molecule has 0 aliphatic carbocycles. The smallest absolute Gasteiger partial charge is 0.0154 e. The average molecular weight is 466 g/mol. The van der Waals surface area contributed by atoms with Gasteiger partial charge in [0, 0.05) is 5.54 Å². The first-order valence-corrected chi connectivity index (χ1v) is 16.0. The van der Waals surface area contributed by atoms with Crippen molar-refractivity contribution in [3.8, 4) is 0 Å². The molecule has 0 saturated heterocycles. The molecule has 200 valence electrons. The zero-order chi connectivity index (χ0) is 24.3. The van der Waals surface area contributed by atoms with Gasteiger partial charge in [-0.25, -0.2) is 0 Å². The van der Waals surface area contributed by atoms with Crippen LogP contribution in [-0.2, 0) is 0 Å². The summed E-state index contributed by atoms with van der Waals surface area (Å²) >= 11 is 0. The second-order valence-electron chi connectivity index (χ2n) is 11.4. The van der Waals surface area contributed by atoms with E-state index in [1.807, 2.05) is 0 Å². The van der Waals surface area contributed by atoms with Gasteiger partial charge in [0.25, 0.3) is 0 Å². The molecule has 0 aliphatic heterocycles. The molecule has 0 spiro atoms. The molecule has 0 aromatic heterocycles. The molecule has 0 bridgehead atoms. The van der Waals surface area contributed by atoms with Gasteiger partial charge in [0.05, 0.1) is 0 Å². The molecule has 0 saturated carbocycles. The highest BCUT2D eigenvalue weighted by molar-refractivity contribution is 4.84. The van der Waals surface area contributed by atoms with E-state index in [0.29, 0.717) is 0 Å². The molecule has 0 unspecified atom stereocenters. The minimum absolute atomic E-state index is 0.131. The molecule has 33 heavy (non-hydrogen) atoms. The quantitative estimate of drug-likeness (QED) is 0.114. The normalized spacial score (nSPS) is 12.0. The van der Waals surface area contributed by atoms with Crippen LogP contribution in [0.1, 0.15) is 201 Å². The Hall–Kier alpha value is -0.0400. The third kappa shape index (κ3) is 24.9. The highest BCUT2D eigenvalue weighted by atomic mass is 14.7. The molecule has 0 aromatic carbocycles. The zero-order valence-electron chi connectivity index (χ0n) is 23.9. The Bertz CT molecular complexity index is 330. The summed E-state index contributed by atoms with van der Waals surface area (Å²) in [6.45, 7) is 6.92. The highest BCUT2D eigenvalue weighted by Crippen LogP contribution is 2.27. The van der Waals surface area contributed by atoms with E-state index in [1.165, 1.54) is 180 Å². The molecule has 0 heterocycles. The maximum Gasteiger partial charge on any atom is 0.0154 e. The van der Waals surface area contributed by atoms with Crippen molar-refractivity contribution in [1.82, 2.24) is 0 Å². The van der Waals surface area contributed by atoms with E-state index < -0.39 is 0 Å². The van der Waals surface area contributed by atoms with Crippen molar-refractivity contribution >= 4 is 0 Å². The van der Waals surface area contributed by atoms with Gasteiger partial charge in [-0.3, -0.25) is 0 Å². The minimum Gasteiger partial charge on any atom is -0.325 e. The summed E-state index contributed by atoms with van der Waals surface area (Å²) in [6, 6.07) is 0. The van der Waals surface area contributed by atoms with Crippen molar-refractivity contribution in [2.24, 2.45) is 5.73 Å². The van der Waals surface area contributed by atoms with Gasteiger partial charge in [-0.15, -0.1) is 0 Å². The average Bonchev–Trinajstić information content (AvgIpc) is 2.81. The maximum absolute atomic E-state index is 7.05. The Kier molecular flexibility index (Phi) is 26.5. The molecule has 0 aromatic rings. The van der Waals surface area contributed by atoms with Crippen LogP contribution >= 0.6 is 0 Å². The minimum atomic E-state index is 0.131. The van der Waals surface area contributed by atoms with E-state index >= 15 is 0 Å². The number of hydrogen-bond acceptors (Lipinski definition) is 1. The molecule has 0 atom stereocenters. The van der Waals surface area contributed by atoms with E-state index in [9.17, 15) is 0 Å². The summed E-state index contributed by atoms with van der Waals surface area (Å²) in [6.07, 6.45) is 39.1. The van der Waals surface area contributed by atoms with Gasteiger partial charge >= 0.3 is 0 Å². The van der Waals surface area contributed by atoms with Crippen LogP contribution in [0.5, 0.6) is 0 Å². The Labute approximate surface area is 211 Å². The first-order chi connectivity index (χ1) is 16.2. The van der Waals surface area contributed by atoms with Gasteiger partial charge in [0.15, 0.2) is 0 Å². The predicted octanol–water partition coefficient (Wildman–Crippen LogP) is 11.7. The molecule has 1 nitrogen and oxygen atoms in total. The van der Waals surface area contributed by atoms with E-state index in [1.54, 1.807) is 0 Å². The van der Waals surface area contributed by atoms with Crippen LogP contribution in [-0.4, -0.2) is 5.54 Å². The fraction of sp³-hybridized carbons (Fsp3) is 1.00. The first kappa shape index (κ1) is 33.0. The number of unbranched alkanes of at least 4 members (excludes halogenated alkanes) is 22. The lowest BCUT2D eigenvalue weighted by molar-refractivity contribution is 0.302. The molecule has 0 aliphatic rings. The lowest BCUT2D eigenvalue weighted by Gasteiger charge is -2.30. The predicted molar refractivity (Wildman–Crippen MR) is 153 cm³/mol. The summed E-state index contributed by atoms with van der Waals surface area (Å²) in [7, 11) is 0. The van der Waals surface area contributed by atoms with Crippen LogP contribution in [0.3, 0.4) is 0 Å². The number of hydrogen-bond donors (Lipinski definition) is 1. The molecule has 0 radical (unpaired) electrons. The third-order valence-electron chi connectivity index (χ3n) is 7.83. The lowest BCUT2D eigenvalue weighted by atomic mass is 9.82. The lowest BCUT2D eigenvalue weighted by Crippen LogP contribution is -2.39. The summed E-state index contributed by atoms with van der Waals surface area (Å²) in [5.41, 5.74) is 7.19.